The zero-order chi connectivity index (χ0) is 8.36. The molecule has 0 aliphatic heterocycles. The van der Waals surface area contributed by atoms with Gasteiger partial charge < -0.3 is 5.73 Å². The van der Waals surface area contributed by atoms with Gasteiger partial charge in [0.1, 0.15) is 11.5 Å². The van der Waals surface area contributed by atoms with Crippen LogP contribution < -0.4 is 5.73 Å². The summed E-state index contributed by atoms with van der Waals surface area (Å²) < 4.78 is 12.8. The third-order valence-corrected chi connectivity index (χ3v) is 1.23. The van der Waals surface area contributed by atoms with Crippen molar-refractivity contribution in [3.63, 3.8) is 0 Å². The van der Waals surface area contributed by atoms with Gasteiger partial charge >= 0.3 is 0 Å². The molecule has 0 radical (unpaired) electrons. The number of rotatable bonds is 3. The van der Waals surface area contributed by atoms with Crippen molar-refractivity contribution in [3.8, 4) is 0 Å². The second-order valence-corrected chi connectivity index (χ2v) is 3.14. The molecule has 1 unspecified atom stereocenters. The van der Waals surface area contributed by atoms with E-state index in [0.717, 1.165) is 0 Å². The van der Waals surface area contributed by atoms with E-state index >= 15 is 0 Å². The minimum atomic E-state index is -1.34. The van der Waals surface area contributed by atoms with Crippen molar-refractivity contribution >= 4 is 5.78 Å². The molecule has 2 N–H and O–H groups in total. The van der Waals surface area contributed by atoms with Crippen LogP contribution in [0.4, 0.5) is 4.39 Å². The van der Waals surface area contributed by atoms with Gasteiger partial charge in [0.05, 0.1) is 6.04 Å². The van der Waals surface area contributed by atoms with E-state index in [0.29, 0.717) is 0 Å². The Bertz CT molecular complexity index is 128. The van der Waals surface area contributed by atoms with Gasteiger partial charge in [-0.1, -0.05) is 0 Å². The van der Waals surface area contributed by atoms with E-state index in [4.69, 9.17) is 5.73 Å². The van der Waals surface area contributed by atoms with Gasteiger partial charge in [-0.2, -0.15) is 0 Å². The molecule has 10 heavy (non-hydrogen) atoms. The summed E-state index contributed by atoms with van der Waals surface area (Å²) in [6, 6.07) is -0.653. The standard InChI is InChI=1S/C7H14FNO/c1-5(10)6(9)4-7(2,3)8/h6H,4,9H2,1-3H3. The van der Waals surface area contributed by atoms with Crippen molar-refractivity contribution in [2.45, 2.75) is 38.9 Å². The van der Waals surface area contributed by atoms with E-state index in [1.54, 1.807) is 0 Å². The molecule has 0 aromatic carbocycles. The summed E-state index contributed by atoms with van der Waals surface area (Å²) in [5, 5.41) is 0. The van der Waals surface area contributed by atoms with Crippen molar-refractivity contribution < 1.29 is 9.18 Å². The molecule has 3 heteroatoms. The van der Waals surface area contributed by atoms with Crippen molar-refractivity contribution in [2.75, 3.05) is 0 Å². The van der Waals surface area contributed by atoms with Gasteiger partial charge in [-0.25, -0.2) is 4.39 Å². The minimum absolute atomic E-state index is 0.0995. The first kappa shape index (κ1) is 9.56. The van der Waals surface area contributed by atoms with E-state index in [1.165, 1.54) is 20.8 Å². The van der Waals surface area contributed by atoms with Crippen molar-refractivity contribution in [3.05, 3.63) is 0 Å². The second-order valence-electron chi connectivity index (χ2n) is 3.14. The predicted molar refractivity (Wildman–Crippen MR) is 38.5 cm³/mol. The third kappa shape index (κ3) is 4.44. The number of carbonyl (C=O) groups is 1. The van der Waals surface area contributed by atoms with Crippen LogP contribution in [0.1, 0.15) is 27.2 Å². The van der Waals surface area contributed by atoms with Crippen LogP contribution in [-0.4, -0.2) is 17.5 Å². The van der Waals surface area contributed by atoms with E-state index in [9.17, 15) is 9.18 Å². The maximum atomic E-state index is 12.8. The highest BCUT2D eigenvalue weighted by Crippen LogP contribution is 2.15. The largest absolute Gasteiger partial charge is 0.321 e. The van der Waals surface area contributed by atoms with Gasteiger partial charge in [0.15, 0.2) is 0 Å². The molecule has 0 heterocycles. The molecule has 0 amide bonds. The fourth-order valence-corrected chi connectivity index (χ4v) is 0.667. The van der Waals surface area contributed by atoms with Crippen LogP contribution in [0.15, 0.2) is 0 Å². The molecule has 0 bridgehead atoms. The van der Waals surface area contributed by atoms with Crippen LogP contribution in [0.5, 0.6) is 0 Å². The Balaban J connectivity index is 3.80. The summed E-state index contributed by atoms with van der Waals surface area (Å²) in [5.41, 5.74) is 3.97. The second kappa shape index (κ2) is 3.10. The monoisotopic (exact) mass is 147 g/mol. The molecule has 0 saturated heterocycles. The highest BCUT2D eigenvalue weighted by molar-refractivity contribution is 5.81. The van der Waals surface area contributed by atoms with Crippen LogP contribution in [0.25, 0.3) is 0 Å². The molecule has 2 nitrogen and oxygen atoms in total. The first-order valence-electron chi connectivity index (χ1n) is 3.28. The Labute approximate surface area is 60.6 Å². The lowest BCUT2D eigenvalue weighted by atomic mass is 9.99. The molecule has 0 fully saturated rings. The first-order valence-corrected chi connectivity index (χ1v) is 3.28. The zero-order valence-corrected chi connectivity index (χ0v) is 6.65. The van der Waals surface area contributed by atoms with Crippen LogP contribution in [0.3, 0.4) is 0 Å². The minimum Gasteiger partial charge on any atom is -0.321 e. The van der Waals surface area contributed by atoms with Crippen LogP contribution in [0.2, 0.25) is 0 Å². The normalized spacial score (nSPS) is 14.9. The average molecular weight is 147 g/mol. The van der Waals surface area contributed by atoms with Crippen LogP contribution in [0, 0.1) is 0 Å². The van der Waals surface area contributed by atoms with Crippen molar-refractivity contribution in [1.82, 2.24) is 0 Å². The average Bonchev–Trinajstić information content (AvgIpc) is 1.60. The van der Waals surface area contributed by atoms with Crippen molar-refractivity contribution in [1.29, 1.82) is 0 Å². The Morgan fingerprint density at radius 2 is 2.10 bits per heavy atom. The molecule has 0 aromatic heterocycles. The smallest absolute Gasteiger partial charge is 0.146 e. The highest BCUT2D eigenvalue weighted by Gasteiger charge is 2.21. The first-order chi connectivity index (χ1) is 4.33. The molecule has 1 atom stereocenters. The van der Waals surface area contributed by atoms with E-state index in [1.807, 2.05) is 0 Å². The van der Waals surface area contributed by atoms with Gasteiger partial charge in [0, 0.05) is 6.42 Å². The number of nitrogens with two attached hydrogens (primary N) is 1. The summed E-state index contributed by atoms with van der Waals surface area (Å²) in [6.45, 7) is 4.20. The molecule has 0 saturated carbocycles. The topological polar surface area (TPSA) is 43.1 Å². The van der Waals surface area contributed by atoms with E-state index in [-0.39, 0.29) is 12.2 Å². The molecule has 0 rings (SSSR count). The summed E-state index contributed by atoms with van der Waals surface area (Å²) >= 11 is 0. The number of alkyl halides is 1. The lowest BCUT2D eigenvalue weighted by molar-refractivity contribution is -0.119. The Kier molecular flexibility index (Phi) is 2.96. The number of Topliss-reactive ketones (excluding diaryl/α,β-unsaturated/α-hetero) is 1. The Morgan fingerprint density at radius 3 is 2.20 bits per heavy atom. The number of hydrogen-bond donors (Lipinski definition) is 1. The van der Waals surface area contributed by atoms with Crippen LogP contribution >= 0.6 is 0 Å². The summed E-state index contributed by atoms with van der Waals surface area (Å²) in [6.07, 6.45) is 0.0995. The molecular formula is C7H14FNO. The van der Waals surface area contributed by atoms with Gasteiger partial charge in [0.25, 0.3) is 0 Å². The molecular weight excluding hydrogens is 133 g/mol. The fraction of sp³-hybridized carbons (Fsp3) is 0.857. The quantitative estimate of drug-likeness (QED) is 0.648. The lowest BCUT2D eigenvalue weighted by Crippen LogP contribution is -2.34. The highest BCUT2D eigenvalue weighted by atomic mass is 19.1. The van der Waals surface area contributed by atoms with Gasteiger partial charge in [-0.05, 0) is 20.8 Å². The maximum absolute atomic E-state index is 12.8. The molecule has 0 aliphatic rings. The summed E-state index contributed by atoms with van der Waals surface area (Å²) in [4.78, 5) is 10.5. The molecule has 0 aliphatic carbocycles. The molecule has 0 spiro atoms. The number of ketones is 1. The lowest BCUT2D eigenvalue weighted by Gasteiger charge is -2.16. The molecule has 0 aromatic rings. The van der Waals surface area contributed by atoms with Gasteiger partial charge in [0.2, 0.25) is 0 Å². The van der Waals surface area contributed by atoms with Crippen LogP contribution in [-0.2, 0) is 4.79 Å². The number of carbonyl (C=O) groups excluding carboxylic acids is 1. The number of halogens is 1. The van der Waals surface area contributed by atoms with Gasteiger partial charge in [-0.15, -0.1) is 0 Å². The molecule has 60 valence electrons. The van der Waals surface area contributed by atoms with Crippen molar-refractivity contribution in [2.24, 2.45) is 5.73 Å². The maximum Gasteiger partial charge on any atom is 0.146 e. The predicted octanol–water partition coefficient (Wildman–Crippen LogP) is 1.04. The van der Waals surface area contributed by atoms with Gasteiger partial charge in [-0.3, -0.25) is 4.79 Å². The SMILES string of the molecule is CC(=O)C(N)CC(C)(C)F. The zero-order valence-electron chi connectivity index (χ0n) is 6.65. The Morgan fingerprint density at radius 1 is 1.70 bits per heavy atom. The summed E-state index contributed by atoms with van der Waals surface area (Å²) in [5.74, 6) is -0.161. The number of hydrogen-bond acceptors (Lipinski definition) is 2. The summed E-state index contributed by atoms with van der Waals surface area (Å²) in [7, 11) is 0. The van der Waals surface area contributed by atoms with E-state index < -0.39 is 11.7 Å². The Hall–Kier alpha value is -0.440. The fourth-order valence-electron chi connectivity index (χ4n) is 0.667. The third-order valence-electron chi connectivity index (χ3n) is 1.23. The van der Waals surface area contributed by atoms with E-state index in [2.05, 4.69) is 0 Å².